The van der Waals surface area contributed by atoms with Crippen molar-refractivity contribution in [2.45, 2.75) is 0 Å². The van der Waals surface area contributed by atoms with Crippen LogP contribution in [0.15, 0.2) is 85.1 Å². The zero-order valence-electron chi connectivity index (χ0n) is 17.7. The number of carbonyl (C=O) groups excluding carboxylic acids is 1. The standard InChI is InChI=1S/C25H22ClN5O/c1-31(2)22-13-11-20(12-14-22)28-24(32)18-5-9-21(10-6-18)29-25-27-16-15-23(30-25)17-3-7-19(26)8-4-17/h3-16H,1-2H3,(H,28,32)(H,27,29,30). The molecule has 1 heterocycles. The Morgan fingerprint density at radius 2 is 1.50 bits per heavy atom. The van der Waals surface area contributed by atoms with Gasteiger partial charge in [-0.25, -0.2) is 9.97 Å². The Kier molecular flexibility index (Phi) is 6.33. The van der Waals surface area contributed by atoms with Gasteiger partial charge in [0, 0.05) is 53.5 Å². The second-order valence-electron chi connectivity index (χ2n) is 7.37. The maximum Gasteiger partial charge on any atom is 0.255 e. The molecule has 0 spiro atoms. The number of anilines is 4. The summed E-state index contributed by atoms with van der Waals surface area (Å²) < 4.78 is 0. The summed E-state index contributed by atoms with van der Waals surface area (Å²) in [5.41, 5.74) is 4.89. The number of rotatable bonds is 6. The first-order valence-electron chi connectivity index (χ1n) is 10.0. The largest absolute Gasteiger partial charge is 0.378 e. The van der Waals surface area contributed by atoms with E-state index in [4.69, 9.17) is 11.6 Å². The first-order valence-corrected chi connectivity index (χ1v) is 10.4. The molecule has 0 bridgehead atoms. The first kappa shape index (κ1) is 21.3. The number of aromatic nitrogens is 2. The van der Waals surface area contributed by atoms with E-state index < -0.39 is 0 Å². The van der Waals surface area contributed by atoms with E-state index in [-0.39, 0.29) is 5.91 Å². The number of amides is 1. The lowest BCUT2D eigenvalue weighted by Crippen LogP contribution is -2.12. The minimum Gasteiger partial charge on any atom is -0.378 e. The van der Waals surface area contributed by atoms with Crippen LogP contribution < -0.4 is 15.5 Å². The lowest BCUT2D eigenvalue weighted by molar-refractivity contribution is 0.102. The second-order valence-corrected chi connectivity index (χ2v) is 7.81. The van der Waals surface area contributed by atoms with Crippen molar-refractivity contribution >= 4 is 40.5 Å². The van der Waals surface area contributed by atoms with Crippen LogP contribution in [-0.2, 0) is 0 Å². The Morgan fingerprint density at radius 3 is 2.16 bits per heavy atom. The fourth-order valence-electron chi connectivity index (χ4n) is 3.08. The van der Waals surface area contributed by atoms with Crippen LogP contribution in [-0.4, -0.2) is 30.0 Å². The molecule has 7 heteroatoms. The molecular formula is C25H22ClN5O. The molecule has 0 atom stereocenters. The molecule has 4 aromatic rings. The van der Waals surface area contributed by atoms with Gasteiger partial charge >= 0.3 is 0 Å². The van der Waals surface area contributed by atoms with Crippen molar-refractivity contribution in [1.82, 2.24) is 9.97 Å². The molecule has 1 aromatic heterocycles. The van der Waals surface area contributed by atoms with Gasteiger partial charge in [0.15, 0.2) is 0 Å². The number of halogens is 1. The Bertz CT molecular complexity index is 1210. The van der Waals surface area contributed by atoms with E-state index in [0.29, 0.717) is 16.5 Å². The summed E-state index contributed by atoms with van der Waals surface area (Å²) in [6.07, 6.45) is 1.70. The summed E-state index contributed by atoms with van der Waals surface area (Å²) in [6, 6.07) is 24.2. The summed E-state index contributed by atoms with van der Waals surface area (Å²) in [4.78, 5) is 23.4. The number of nitrogens with zero attached hydrogens (tertiary/aromatic N) is 3. The Balaban J connectivity index is 1.42. The maximum atomic E-state index is 12.6. The van der Waals surface area contributed by atoms with Crippen LogP contribution in [0.1, 0.15) is 10.4 Å². The normalized spacial score (nSPS) is 10.5. The Labute approximate surface area is 191 Å². The van der Waals surface area contributed by atoms with Crippen LogP contribution >= 0.6 is 11.6 Å². The van der Waals surface area contributed by atoms with Crippen LogP contribution in [0.2, 0.25) is 5.02 Å². The van der Waals surface area contributed by atoms with E-state index in [9.17, 15) is 4.79 Å². The third-order valence-corrected chi connectivity index (χ3v) is 5.09. The fraction of sp³-hybridized carbons (Fsp3) is 0.0800. The third kappa shape index (κ3) is 5.22. The van der Waals surface area contributed by atoms with Gasteiger partial charge in [0.2, 0.25) is 5.95 Å². The smallest absolute Gasteiger partial charge is 0.255 e. The van der Waals surface area contributed by atoms with Crippen molar-refractivity contribution < 1.29 is 4.79 Å². The maximum absolute atomic E-state index is 12.6. The molecule has 3 aromatic carbocycles. The van der Waals surface area contributed by atoms with Crippen LogP contribution in [0.4, 0.5) is 23.0 Å². The van der Waals surface area contributed by atoms with Gasteiger partial charge in [0.25, 0.3) is 5.91 Å². The molecular weight excluding hydrogens is 422 g/mol. The average Bonchev–Trinajstić information content (AvgIpc) is 2.80. The van der Waals surface area contributed by atoms with E-state index in [1.165, 1.54) is 0 Å². The highest BCUT2D eigenvalue weighted by Gasteiger charge is 2.08. The van der Waals surface area contributed by atoms with Crippen molar-refractivity contribution in [3.05, 3.63) is 95.6 Å². The highest BCUT2D eigenvalue weighted by Crippen LogP contribution is 2.22. The molecule has 160 valence electrons. The van der Waals surface area contributed by atoms with Gasteiger partial charge in [0.05, 0.1) is 5.69 Å². The summed E-state index contributed by atoms with van der Waals surface area (Å²) in [7, 11) is 3.95. The van der Waals surface area contributed by atoms with Crippen LogP contribution in [0.3, 0.4) is 0 Å². The number of benzene rings is 3. The van der Waals surface area contributed by atoms with Crippen molar-refractivity contribution in [3.63, 3.8) is 0 Å². The van der Waals surface area contributed by atoms with Crippen molar-refractivity contribution in [3.8, 4) is 11.3 Å². The van der Waals surface area contributed by atoms with Gasteiger partial charge in [-0.2, -0.15) is 0 Å². The van der Waals surface area contributed by atoms with E-state index in [2.05, 4.69) is 20.6 Å². The van der Waals surface area contributed by atoms with Gasteiger partial charge in [0.1, 0.15) is 0 Å². The molecule has 0 saturated carbocycles. The van der Waals surface area contributed by atoms with Crippen LogP contribution in [0, 0.1) is 0 Å². The van der Waals surface area contributed by atoms with Gasteiger partial charge < -0.3 is 15.5 Å². The topological polar surface area (TPSA) is 70.2 Å². The van der Waals surface area contributed by atoms with E-state index >= 15 is 0 Å². The third-order valence-electron chi connectivity index (χ3n) is 4.84. The minimum atomic E-state index is -0.171. The molecule has 0 saturated heterocycles. The molecule has 32 heavy (non-hydrogen) atoms. The zero-order chi connectivity index (χ0) is 22.5. The van der Waals surface area contributed by atoms with Crippen LogP contribution in [0.5, 0.6) is 0 Å². The summed E-state index contributed by atoms with van der Waals surface area (Å²) in [5, 5.41) is 6.76. The molecule has 6 nitrogen and oxygen atoms in total. The minimum absolute atomic E-state index is 0.171. The van der Waals surface area contributed by atoms with E-state index in [1.807, 2.05) is 85.7 Å². The summed E-state index contributed by atoms with van der Waals surface area (Å²) in [6.45, 7) is 0. The highest BCUT2D eigenvalue weighted by atomic mass is 35.5. The number of hydrogen-bond donors (Lipinski definition) is 2. The molecule has 2 N–H and O–H groups in total. The lowest BCUT2D eigenvalue weighted by Gasteiger charge is -2.13. The molecule has 0 aliphatic heterocycles. The summed E-state index contributed by atoms with van der Waals surface area (Å²) in [5.74, 6) is 0.297. The highest BCUT2D eigenvalue weighted by molar-refractivity contribution is 6.30. The average molecular weight is 444 g/mol. The van der Waals surface area contributed by atoms with Gasteiger partial charge in [-0.3, -0.25) is 4.79 Å². The zero-order valence-corrected chi connectivity index (χ0v) is 18.5. The molecule has 1 amide bonds. The molecule has 0 unspecified atom stereocenters. The Morgan fingerprint density at radius 1 is 0.844 bits per heavy atom. The van der Waals surface area contributed by atoms with E-state index in [1.54, 1.807) is 18.3 Å². The van der Waals surface area contributed by atoms with Crippen molar-refractivity contribution in [2.24, 2.45) is 0 Å². The predicted octanol–water partition coefficient (Wildman–Crippen LogP) is 5.86. The monoisotopic (exact) mass is 443 g/mol. The van der Waals surface area contributed by atoms with Crippen molar-refractivity contribution in [2.75, 3.05) is 29.6 Å². The van der Waals surface area contributed by atoms with Crippen molar-refractivity contribution in [1.29, 1.82) is 0 Å². The quantitative estimate of drug-likeness (QED) is 0.390. The van der Waals surface area contributed by atoms with E-state index in [0.717, 1.165) is 28.3 Å². The SMILES string of the molecule is CN(C)c1ccc(NC(=O)c2ccc(Nc3nccc(-c4ccc(Cl)cc4)n3)cc2)cc1. The fourth-order valence-corrected chi connectivity index (χ4v) is 3.21. The predicted molar refractivity (Wildman–Crippen MR) is 131 cm³/mol. The number of nitrogens with one attached hydrogen (secondary N) is 2. The molecule has 0 aliphatic rings. The first-order chi connectivity index (χ1) is 15.5. The molecule has 0 fully saturated rings. The van der Waals surface area contributed by atoms with Gasteiger partial charge in [-0.05, 0) is 66.7 Å². The Hall–Kier alpha value is -3.90. The lowest BCUT2D eigenvalue weighted by atomic mass is 10.1. The second kappa shape index (κ2) is 9.49. The molecule has 0 aliphatic carbocycles. The van der Waals surface area contributed by atoms with Gasteiger partial charge in [-0.1, -0.05) is 23.7 Å². The summed E-state index contributed by atoms with van der Waals surface area (Å²) >= 11 is 5.96. The molecule has 0 radical (unpaired) electrons. The van der Waals surface area contributed by atoms with Gasteiger partial charge in [-0.15, -0.1) is 0 Å². The molecule has 4 rings (SSSR count). The van der Waals surface area contributed by atoms with Crippen LogP contribution in [0.25, 0.3) is 11.3 Å². The number of carbonyl (C=O) groups is 1. The number of hydrogen-bond acceptors (Lipinski definition) is 5.